The van der Waals surface area contributed by atoms with Crippen LogP contribution in [-0.4, -0.2) is 15.5 Å². The molecule has 0 aromatic carbocycles. The molecule has 0 aliphatic carbocycles. The van der Waals surface area contributed by atoms with E-state index in [1.807, 2.05) is 20.8 Å². The molecular weight excluding hydrogens is 225 g/mol. The number of alkyl halides is 3. The SMILES string of the molecule is CC(C)(C)c1cnc(SC(F)(F)F)nc1. The van der Waals surface area contributed by atoms with Crippen molar-refractivity contribution in [2.45, 2.75) is 36.9 Å². The van der Waals surface area contributed by atoms with E-state index in [9.17, 15) is 13.2 Å². The van der Waals surface area contributed by atoms with Gasteiger partial charge in [0.2, 0.25) is 0 Å². The Bertz CT molecular complexity index is 327. The molecule has 0 aliphatic heterocycles. The lowest BCUT2D eigenvalue weighted by Gasteiger charge is -2.17. The highest BCUT2D eigenvalue weighted by atomic mass is 32.2. The summed E-state index contributed by atoms with van der Waals surface area (Å²) in [5.74, 6) is 0. The van der Waals surface area contributed by atoms with E-state index in [2.05, 4.69) is 9.97 Å². The molecule has 0 fully saturated rings. The molecule has 0 aliphatic rings. The van der Waals surface area contributed by atoms with Crippen LogP contribution in [0.4, 0.5) is 13.2 Å². The van der Waals surface area contributed by atoms with Crippen LogP contribution >= 0.6 is 11.8 Å². The molecule has 0 atom stereocenters. The Hall–Kier alpha value is -0.780. The third kappa shape index (κ3) is 4.07. The fourth-order valence-corrected chi connectivity index (χ4v) is 1.28. The number of aromatic nitrogens is 2. The van der Waals surface area contributed by atoms with Gasteiger partial charge in [-0.3, -0.25) is 0 Å². The van der Waals surface area contributed by atoms with Crippen molar-refractivity contribution in [3.05, 3.63) is 18.0 Å². The Morgan fingerprint density at radius 3 is 1.87 bits per heavy atom. The summed E-state index contributed by atoms with van der Waals surface area (Å²) in [6.45, 7) is 5.84. The van der Waals surface area contributed by atoms with Crippen LogP contribution < -0.4 is 0 Å². The van der Waals surface area contributed by atoms with E-state index >= 15 is 0 Å². The molecule has 0 saturated heterocycles. The Kier molecular flexibility index (Phi) is 3.28. The third-order valence-corrected chi connectivity index (χ3v) is 2.33. The van der Waals surface area contributed by atoms with Gasteiger partial charge in [-0.1, -0.05) is 20.8 Å². The molecule has 0 spiro atoms. The molecule has 1 aromatic rings. The van der Waals surface area contributed by atoms with E-state index in [-0.39, 0.29) is 22.3 Å². The van der Waals surface area contributed by atoms with Gasteiger partial charge in [-0.05, 0) is 11.0 Å². The summed E-state index contributed by atoms with van der Waals surface area (Å²) in [5.41, 5.74) is -3.67. The van der Waals surface area contributed by atoms with Crippen molar-refractivity contribution in [3.8, 4) is 0 Å². The van der Waals surface area contributed by atoms with Gasteiger partial charge in [0.05, 0.1) is 0 Å². The average Bonchev–Trinajstić information content (AvgIpc) is 2.00. The van der Waals surface area contributed by atoms with Gasteiger partial charge in [-0.15, -0.1) is 0 Å². The molecule has 0 unspecified atom stereocenters. The summed E-state index contributed by atoms with van der Waals surface area (Å²) in [6.07, 6.45) is 2.86. The molecule has 0 bridgehead atoms. The minimum atomic E-state index is -4.33. The fourth-order valence-electron chi connectivity index (χ4n) is 0.860. The van der Waals surface area contributed by atoms with Gasteiger partial charge in [-0.25, -0.2) is 9.97 Å². The molecule has 15 heavy (non-hydrogen) atoms. The van der Waals surface area contributed by atoms with Crippen molar-refractivity contribution < 1.29 is 13.2 Å². The van der Waals surface area contributed by atoms with Crippen molar-refractivity contribution in [1.29, 1.82) is 0 Å². The van der Waals surface area contributed by atoms with Crippen LogP contribution in [0, 0.1) is 0 Å². The minimum Gasteiger partial charge on any atom is -0.231 e. The number of thioether (sulfide) groups is 1. The summed E-state index contributed by atoms with van der Waals surface area (Å²) < 4.78 is 35.9. The number of halogens is 3. The maximum Gasteiger partial charge on any atom is 0.449 e. The van der Waals surface area contributed by atoms with Crippen LogP contribution in [0.2, 0.25) is 0 Å². The first kappa shape index (κ1) is 12.3. The molecule has 0 amide bonds. The first-order valence-corrected chi connectivity index (χ1v) is 5.08. The highest BCUT2D eigenvalue weighted by molar-refractivity contribution is 8.00. The zero-order chi connectivity index (χ0) is 11.7. The lowest BCUT2D eigenvalue weighted by Crippen LogP contribution is -2.12. The van der Waals surface area contributed by atoms with E-state index in [4.69, 9.17) is 0 Å². The van der Waals surface area contributed by atoms with E-state index in [1.54, 1.807) is 0 Å². The first-order valence-electron chi connectivity index (χ1n) is 4.27. The second-order valence-corrected chi connectivity index (χ2v) is 5.08. The number of nitrogens with zero attached hydrogens (tertiary/aromatic N) is 2. The summed E-state index contributed by atoms with van der Waals surface area (Å²) in [6, 6.07) is 0. The van der Waals surface area contributed by atoms with Crippen LogP contribution in [0.25, 0.3) is 0 Å². The predicted octanol–water partition coefficient (Wildman–Crippen LogP) is 3.39. The van der Waals surface area contributed by atoms with Crippen molar-refractivity contribution in [3.63, 3.8) is 0 Å². The van der Waals surface area contributed by atoms with Gasteiger partial charge >= 0.3 is 5.51 Å². The highest BCUT2D eigenvalue weighted by Gasteiger charge is 2.31. The topological polar surface area (TPSA) is 25.8 Å². The first-order chi connectivity index (χ1) is 6.68. The quantitative estimate of drug-likeness (QED) is 0.552. The normalized spacial score (nSPS) is 12.9. The van der Waals surface area contributed by atoms with Crippen LogP contribution in [0.1, 0.15) is 26.3 Å². The molecule has 6 heteroatoms. The van der Waals surface area contributed by atoms with E-state index < -0.39 is 5.51 Å². The van der Waals surface area contributed by atoms with Crippen LogP contribution in [0.3, 0.4) is 0 Å². The Labute approximate surface area is 90.3 Å². The Morgan fingerprint density at radius 2 is 1.53 bits per heavy atom. The number of hydrogen-bond donors (Lipinski definition) is 0. The summed E-state index contributed by atoms with van der Waals surface area (Å²) in [5, 5.41) is -0.268. The summed E-state index contributed by atoms with van der Waals surface area (Å²) in [7, 11) is 0. The van der Waals surface area contributed by atoms with Crippen molar-refractivity contribution in [2.24, 2.45) is 0 Å². The zero-order valence-corrected chi connectivity index (χ0v) is 9.41. The molecule has 2 nitrogen and oxygen atoms in total. The third-order valence-electron chi connectivity index (χ3n) is 1.70. The second kappa shape index (κ2) is 4.00. The lowest BCUT2D eigenvalue weighted by atomic mass is 9.89. The van der Waals surface area contributed by atoms with E-state index in [0.717, 1.165) is 5.56 Å². The molecule has 1 aromatic heterocycles. The number of hydrogen-bond acceptors (Lipinski definition) is 3. The summed E-state index contributed by atoms with van der Waals surface area (Å²) in [4.78, 5) is 7.32. The molecule has 0 saturated carbocycles. The second-order valence-electron chi connectivity index (χ2n) is 4.05. The van der Waals surface area contributed by atoms with Crippen LogP contribution in [-0.2, 0) is 5.41 Å². The smallest absolute Gasteiger partial charge is 0.231 e. The Balaban J connectivity index is 2.82. The van der Waals surface area contributed by atoms with Gasteiger partial charge in [0.25, 0.3) is 0 Å². The van der Waals surface area contributed by atoms with Crippen molar-refractivity contribution in [1.82, 2.24) is 9.97 Å². The standard InChI is InChI=1S/C9H11F3N2S/c1-8(2,3)6-4-13-7(14-5-6)15-9(10,11)12/h4-5H,1-3H3. The van der Waals surface area contributed by atoms with Gasteiger partial charge in [0.1, 0.15) is 0 Å². The lowest BCUT2D eigenvalue weighted by molar-refractivity contribution is -0.0331. The predicted molar refractivity (Wildman–Crippen MR) is 52.6 cm³/mol. The maximum absolute atomic E-state index is 12.0. The molecule has 0 N–H and O–H groups in total. The molecular formula is C9H11F3N2S. The minimum absolute atomic E-state index is 0.151. The van der Waals surface area contributed by atoms with Gasteiger partial charge in [0.15, 0.2) is 5.16 Å². The highest BCUT2D eigenvalue weighted by Crippen LogP contribution is 2.34. The zero-order valence-electron chi connectivity index (χ0n) is 8.59. The maximum atomic E-state index is 12.0. The van der Waals surface area contributed by atoms with Crippen molar-refractivity contribution in [2.75, 3.05) is 0 Å². The largest absolute Gasteiger partial charge is 0.449 e. The van der Waals surface area contributed by atoms with Crippen LogP contribution in [0.15, 0.2) is 17.6 Å². The van der Waals surface area contributed by atoms with Gasteiger partial charge in [0, 0.05) is 24.2 Å². The molecule has 1 rings (SSSR count). The van der Waals surface area contributed by atoms with Gasteiger partial charge in [-0.2, -0.15) is 13.2 Å². The number of rotatable bonds is 1. The van der Waals surface area contributed by atoms with Crippen molar-refractivity contribution >= 4 is 11.8 Å². The molecule has 0 radical (unpaired) electrons. The molecule has 84 valence electrons. The van der Waals surface area contributed by atoms with Gasteiger partial charge < -0.3 is 0 Å². The van der Waals surface area contributed by atoms with E-state index in [0.29, 0.717) is 0 Å². The summed E-state index contributed by atoms with van der Waals surface area (Å²) >= 11 is -0.302. The molecule has 1 heterocycles. The average molecular weight is 236 g/mol. The fraction of sp³-hybridized carbons (Fsp3) is 0.556. The monoisotopic (exact) mass is 236 g/mol. The van der Waals surface area contributed by atoms with E-state index in [1.165, 1.54) is 12.4 Å². The van der Waals surface area contributed by atoms with Crippen LogP contribution in [0.5, 0.6) is 0 Å². The Morgan fingerprint density at radius 1 is 1.07 bits per heavy atom.